The van der Waals surface area contributed by atoms with Gasteiger partial charge in [-0.25, -0.2) is 0 Å². The molecule has 0 aromatic rings. The molecule has 1 heterocycles. The number of unbranched alkanes of at least 4 members (excludes halogenated alkanes) is 1. The van der Waals surface area contributed by atoms with Crippen LogP contribution in [0.15, 0.2) is 0 Å². The van der Waals surface area contributed by atoms with Gasteiger partial charge in [0.1, 0.15) is 0 Å². The van der Waals surface area contributed by atoms with Gasteiger partial charge in [0.25, 0.3) is 0 Å². The van der Waals surface area contributed by atoms with Crippen molar-refractivity contribution >= 4 is 0 Å². The van der Waals surface area contributed by atoms with Gasteiger partial charge in [-0.3, -0.25) is 0 Å². The Morgan fingerprint density at radius 2 is 2.05 bits per heavy atom. The summed E-state index contributed by atoms with van der Waals surface area (Å²) >= 11 is 0. The van der Waals surface area contributed by atoms with Crippen molar-refractivity contribution in [2.24, 2.45) is 5.92 Å². The molecule has 1 N–H and O–H groups in total. The van der Waals surface area contributed by atoms with Crippen LogP contribution in [0.3, 0.4) is 0 Å². The SMILES string of the molecule is CCCNC1CCN(CCCCOCCOC)CC1C. The fourth-order valence-electron chi connectivity index (χ4n) is 2.85. The highest BCUT2D eigenvalue weighted by Gasteiger charge is 2.24. The van der Waals surface area contributed by atoms with Crippen LogP contribution in [0.4, 0.5) is 0 Å². The number of rotatable bonds is 11. The minimum absolute atomic E-state index is 0.704. The lowest BCUT2D eigenvalue weighted by molar-refractivity contribution is 0.0663. The van der Waals surface area contributed by atoms with Gasteiger partial charge in [0, 0.05) is 26.3 Å². The number of nitrogens with zero attached hydrogens (tertiary/aromatic N) is 1. The molecule has 4 nitrogen and oxygen atoms in total. The summed E-state index contributed by atoms with van der Waals surface area (Å²) in [6.07, 6.45) is 4.93. The Morgan fingerprint density at radius 1 is 1.20 bits per heavy atom. The first-order valence-corrected chi connectivity index (χ1v) is 8.30. The molecular weight excluding hydrogens is 252 g/mol. The number of methoxy groups -OCH3 is 1. The zero-order chi connectivity index (χ0) is 14.6. The minimum atomic E-state index is 0.704. The van der Waals surface area contributed by atoms with Crippen molar-refractivity contribution in [1.29, 1.82) is 0 Å². The lowest BCUT2D eigenvalue weighted by Gasteiger charge is -2.37. The topological polar surface area (TPSA) is 33.7 Å². The lowest BCUT2D eigenvalue weighted by atomic mass is 9.93. The molecule has 1 saturated heterocycles. The molecule has 2 atom stereocenters. The summed E-state index contributed by atoms with van der Waals surface area (Å²) < 4.78 is 10.4. The average molecular weight is 286 g/mol. The van der Waals surface area contributed by atoms with Crippen molar-refractivity contribution in [3.05, 3.63) is 0 Å². The molecule has 120 valence electrons. The molecule has 0 aliphatic carbocycles. The monoisotopic (exact) mass is 286 g/mol. The minimum Gasteiger partial charge on any atom is -0.382 e. The standard InChI is InChI=1S/C16H34N2O2/c1-4-8-17-16-7-10-18(14-15(16)2)9-5-6-11-20-13-12-19-3/h15-17H,4-14H2,1-3H3. The molecule has 0 spiro atoms. The summed E-state index contributed by atoms with van der Waals surface area (Å²) in [5.41, 5.74) is 0. The molecule has 2 unspecified atom stereocenters. The maximum atomic E-state index is 5.49. The van der Waals surface area contributed by atoms with E-state index in [-0.39, 0.29) is 0 Å². The summed E-state index contributed by atoms with van der Waals surface area (Å²) in [7, 11) is 1.71. The maximum Gasteiger partial charge on any atom is 0.0700 e. The van der Waals surface area contributed by atoms with Crippen LogP contribution in [-0.4, -0.2) is 64.1 Å². The molecule has 0 bridgehead atoms. The lowest BCUT2D eigenvalue weighted by Crippen LogP contribution is -2.48. The molecule has 0 aromatic carbocycles. The first kappa shape index (κ1) is 17.9. The molecule has 1 aliphatic rings. The second-order valence-corrected chi connectivity index (χ2v) is 5.94. The number of piperidine rings is 1. The molecule has 0 aromatic heterocycles. The van der Waals surface area contributed by atoms with E-state index in [0.29, 0.717) is 6.61 Å². The fraction of sp³-hybridized carbons (Fsp3) is 1.00. The van der Waals surface area contributed by atoms with Crippen LogP contribution in [0, 0.1) is 5.92 Å². The Labute approximate surface area is 125 Å². The number of likely N-dealkylation sites (tertiary alicyclic amines) is 1. The Morgan fingerprint density at radius 3 is 2.75 bits per heavy atom. The van der Waals surface area contributed by atoms with Crippen molar-refractivity contribution in [2.75, 3.05) is 53.1 Å². The van der Waals surface area contributed by atoms with Crippen LogP contribution in [0.2, 0.25) is 0 Å². The normalized spacial score (nSPS) is 24.1. The van der Waals surface area contributed by atoms with Crippen molar-refractivity contribution in [2.45, 2.75) is 45.6 Å². The maximum absolute atomic E-state index is 5.49. The summed E-state index contributed by atoms with van der Waals surface area (Å²) in [6.45, 7) is 11.8. The summed E-state index contributed by atoms with van der Waals surface area (Å²) in [6, 6.07) is 0.726. The average Bonchev–Trinajstić information content (AvgIpc) is 2.45. The number of ether oxygens (including phenoxy) is 2. The third kappa shape index (κ3) is 7.58. The quantitative estimate of drug-likeness (QED) is 0.590. The van der Waals surface area contributed by atoms with E-state index in [1.807, 2.05) is 0 Å². The van der Waals surface area contributed by atoms with E-state index in [2.05, 4.69) is 24.1 Å². The fourth-order valence-corrected chi connectivity index (χ4v) is 2.85. The van der Waals surface area contributed by atoms with E-state index in [9.17, 15) is 0 Å². The third-order valence-electron chi connectivity index (χ3n) is 4.09. The molecule has 20 heavy (non-hydrogen) atoms. The zero-order valence-corrected chi connectivity index (χ0v) is 13.7. The molecule has 1 fully saturated rings. The Hall–Kier alpha value is -0.160. The Kier molecular flexibility index (Phi) is 10.3. The van der Waals surface area contributed by atoms with Gasteiger partial charge in [0.2, 0.25) is 0 Å². The summed E-state index contributed by atoms with van der Waals surface area (Å²) in [4.78, 5) is 2.62. The van der Waals surface area contributed by atoms with Crippen LogP contribution in [0.1, 0.15) is 39.5 Å². The van der Waals surface area contributed by atoms with Gasteiger partial charge < -0.3 is 19.7 Å². The van der Waals surface area contributed by atoms with Crippen molar-refractivity contribution in [3.63, 3.8) is 0 Å². The molecule has 0 saturated carbocycles. The van der Waals surface area contributed by atoms with Gasteiger partial charge in [0.05, 0.1) is 13.2 Å². The Bertz CT molecular complexity index is 227. The molecule has 4 heteroatoms. The second-order valence-electron chi connectivity index (χ2n) is 5.94. The van der Waals surface area contributed by atoms with Crippen LogP contribution in [0.5, 0.6) is 0 Å². The van der Waals surface area contributed by atoms with E-state index < -0.39 is 0 Å². The van der Waals surface area contributed by atoms with Gasteiger partial charge in [0.15, 0.2) is 0 Å². The van der Waals surface area contributed by atoms with Crippen LogP contribution in [-0.2, 0) is 9.47 Å². The van der Waals surface area contributed by atoms with E-state index in [0.717, 1.165) is 38.1 Å². The van der Waals surface area contributed by atoms with Gasteiger partial charge in [-0.1, -0.05) is 13.8 Å². The summed E-state index contributed by atoms with van der Waals surface area (Å²) in [5.74, 6) is 0.772. The second kappa shape index (κ2) is 11.5. The highest BCUT2D eigenvalue weighted by molar-refractivity contribution is 4.82. The Balaban J connectivity index is 2.00. The van der Waals surface area contributed by atoms with Gasteiger partial charge >= 0.3 is 0 Å². The number of nitrogens with one attached hydrogen (secondary N) is 1. The van der Waals surface area contributed by atoms with Crippen molar-refractivity contribution < 1.29 is 9.47 Å². The molecular formula is C16H34N2O2. The van der Waals surface area contributed by atoms with E-state index in [1.165, 1.54) is 38.9 Å². The molecule has 0 amide bonds. The predicted molar refractivity (Wildman–Crippen MR) is 84.2 cm³/mol. The van der Waals surface area contributed by atoms with Crippen molar-refractivity contribution in [1.82, 2.24) is 10.2 Å². The highest BCUT2D eigenvalue weighted by Crippen LogP contribution is 2.17. The molecule has 1 aliphatic heterocycles. The van der Waals surface area contributed by atoms with E-state index in [4.69, 9.17) is 9.47 Å². The summed E-state index contributed by atoms with van der Waals surface area (Å²) in [5, 5.41) is 3.68. The highest BCUT2D eigenvalue weighted by atomic mass is 16.5. The molecule has 0 radical (unpaired) electrons. The molecule has 1 rings (SSSR count). The number of hydrogen-bond acceptors (Lipinski definition) is 4. The third-order valence-corrected chi connectivity index (χ3v) is 4.09. The van der Waals surface area contributed by atoms with Gasteiger partial charge in [-0.2, -0.15) is 0 Å². The van der Waals surface area contributed by atoms with Gasteiger partial charge in [-0.15, -0.1) is 0 Å². The van der Waals surface area contributed by atoms with Gasteiger partial charge in [-0.05, 0) is 51.2 Å². The van der Waals surface area contributed by atoms with E-state index >= 15 is 0 Å². The largest absolute Gasteiger partial charge is 0.382 e. The van der Waals surface area contributed by atoms with E-state index in [1.54, 1.807) is 7.11 Å². The zero-order valence-electron chi connectivity index (χ0n) is 13.7. The van der Waals surface area contributed by atoms with Crippen molar-refractivity contribution in [3.8, 4) is 0 Å². The smallest absolute Gasteiger partial charge is 0.0700 e. The van der Waals surface area contributed by atoms with Crippen LogP contribution >= 0.6 is 0 Å². The van der Waals surface area contributed by atoms with Crippen LogP contribution < -0.4 is 5.32 Å². The predicted octanol–water partition coefficient (Wildman–Crippen LogP) is 2.14. The first-order chi connectivity index (χ1) is 9.77. The number of hydrogen-bond donors (Lipinski definition) is 1. The first-order valence-electron chi connectivity index (χ1n) is 8.30. The van der Waals surface area contributed by atoms with Crippen LogP contribution in [0.25, 0.3) is 0 Å².